The van der Waals surface area contributed by atoms with Gasteiger partial charge >= 0.3 is 10.2 Å². The van der Waals surface area contributed by atoms with Gasteiger partial charge in [0.15, 0.2) is 0 Å². The third kappa shape index (κ3) is 5.96. The number of azo groups is 1. The Balaban J connectivity index is 1.93. The molecule has 0 saturated heterocycles. The Morgan fingerprint density at radius 1 is 0.958 bits per heavy atom. The second kappa shape index (κ2) is 7.87. The molecule has 0 fully saturated rings. The number of nitrogens with zero attached hydrogens (tertiary/aromatic N) is 3. The summed E-state index contributed by atoms with van der Waals surface area (Å²) in [5, 5.41) is 11.1. The summed E-state index contributed by atoms with van der Waals surface area (Å²) in [6.45, 7) is 0.0118. The molecule has 0 atom stereocenters. The first-order valence-electron chi connectivity index (χ1n) is 7.29. The maximum Gasteiger partial charge on any atom is 0.304 e. The molecule has 0 aromatic heterocycles. The lowest BCUT2D eigenvalue weighted by atomic mass is 10.3. The van der Waals surface area contributed by atoms with E-state index >= 15 is 0 Å². The summed E-state index contributed by atoms with van der Waals surface area (Å²) in [6.07, 6.45) is 0. The second-order valence-corrected chi connectivity index (χ2v) is 6.81. The summed E-state index contributed by atoms with van der Waals surface area (Å²) in [5.74, 6) is -0.558. The molecule has 0 spiro atoms. The molecule has 2 aromatic rings. The van der Waals surface area contributed by atoms with E-state index in [4.69, 9.17) is 0 Å². The molecule has 128 valence electrons. The van der Waals surface area contributed by atoms with Crippen LogP contribution in [0, 0.1) is 0 Å². The normalized spacial score (nSPS) is 11.6. The molecule has 2 aromatic carbocycles. The van der Waals surface area contributed by atoms with Crippen LogP contribution in [0.25, 0.3) is 0 Å². The van der Waals surface area contributed by atoms with Gasteiger partial charge in [-0.2, -0.15) is 18.6 Å². The van der Waals surface area contributed by atoms with Crippen LogP contribution in [0.1, 0.15) is 0 Å². The van der Waals surface area contributed by atoms with Crippen molar-refractivity contribution in [3.8, 4) is 0 Å². The Kier molecular flexibility index (Phi) is 5.86. The molecular weight excluding hydrogens is 331 g/mol. The van der Waals surface area contributed by atoms with E-state index in [1.807, 2.05) is 43.3 Å². The Hall–Kier alpha value is -2.48. The quantitative estimate of drug-likeness (QED) is 0.607. The van der Waals surface area contributed by atoms with Crippen molar-refractivity contribution in [1.82, 2.24) is 0 Å². The second-order valence-electron chi connectivity index (χ2n) is 5.33. The summed E-state index contributed by atoms with van der Waals surface area (Å²) in [4.78, 5) is 2.00. The van der Waals surface area contributed by atoms with Gasteiger partial charge in [-0.1, -0.05) is 0 Å². The first-order chi connectivity index (χ1) is 11.3. The van der Waals surface area contributed by atoms with E-state index in [-0.39, 0.29) is 6.54 Å². The number of rotatable bonds is 7. The van der Waals surface area contributed by atoms with Crippen LogP contribution in [-0.2, 0) is 10.2 Å². The standard InChI is InChI=1S/C16H19FN4O2S/c1-21(2)16-9-7-15(8-10-16)20-19-14-5-3-13(4-6-14)18-11-12-24(17,22)23/h3-10,18H,11-12H2,1-2H3. The maximum atomic E-state index is 12.4. The average molecular weight is 350 g/mol. The van der Waals surface area contributed by atoms with Crippen molar-refractivity contribution in [2.45, 2.75) is 0 Å². The predicted octanol–water partition coefficient (Wildman–Crippen LogP) is 3.88. The van der Waals surface area contributed by atoms with Crippen LogP contribution in [0.2, 0.25) is 0 Å². The summed E-state index contributed by atoms with van der Waals surface area (Å²) < 4.78 is 33.2. The number of hydrogen-bond donors (Lipinski definition) is 1. The van der Waals surface area contributed by atoms with Crippen LogP contribution in [0.5, 0.6) is 0 Å². The third-order valence-corrected chi connectivity index (χ3v) is 3.88. The molecule has 0 amide bonds. The van der Waals surface area contributed by atoms with Crippen molar-refractivity contribution < 1.29 is 12.3 Å². The molecule has 0 aliphatic heterocycles. The fourth-order valence-electron chi connectivity index (χ4n) is 1.90. The topological polar surface area (TPSA) is 74.1 Å². The highest BCUT2D eigenvalue weighted by Gasteiger charge is 2.05. The van der Waals surface area contributed by atoms with Gasteiger partial charge in [-0.3, -0.25) is 0 Å². The fraction of sp³-hybridized carbons (Fsp3) is 0.250. The van der Waals surface area contributed by atoms with Gasteiger partial charge in [-0.25, -0.2) is 0 Å². The van der Waals surface area contributed by atoms with Gasteiger partial charge < -0.3 is 10.2 Å². The van der Waals surface area contributed by atoms with Crippen LogP contribution < -0.4 is 10.2 Å². The van der Waals surface area contributed by atoms with Crippen molar-refractivity contribution >= 4 is 33.0 Å². The fourth-order valence-corrected chi connectivity index (χ4v) is 2.24. The molecule has 0 unspecified atom stereocenters. The minimum Gasteiger partial charge on any atom is -0.384 e. The number of anilines is 2. The molecule has 0 heterocycles. The lowest BCUT2D eigenvalue weighted by Gasteiger charge is -2.11. The van der Waals surface area contributed by atoms with Gasteiger partial charge in [0, 0.05) is 32.0 Å². The molecular formula is C16H19FN4O2S. The lowest BCUT2D eigenvalue weighted by Crippen LogP contribution is -2.11. The van der Waals surface area contributed by atoms with Gasteiger partial charge in [0.1, 0.15) is 0 Å². The van der Waals surface area contributed by atoms with E-state index < -0.39 is 16.0 Å². The zero-order chi connectivity index (χ0) is 17.6. The van der Waals surface area contributed by atoms with Crippen LogP contribution in [0.15, 0.2) is 58.8 Å². The van der Waals surface area contributed by atoms with E-state index in [2.05, 4.69) is 15.5 Å². The molecule has 2 rings (SSSR count). The van der Waals surface area contributed by atoms with Crippen LogP contribution >= 0.6 is 0 Å². The number of hydrogen-bond acceptors (Lipinski definition) is 6. The Labute approximate surface area is 141 Å². The first-order valence-corrected chi connectivity index (χ1v) is 8.84. The first kappa shape index (κ1) is 17.9. The van der Waals surface area contributed by atoms with Crippen LogP contribution in [0.4, 0.5) is 26.6 Å². The predicted molar refractivity (Wildman–Crippen MR) is 94.8 cm³/mol. The molecule has 0 saturated carbocycles. The van der Waals surface area contributed by atoms with Crippen molar-refractivity contribution in [2.75, 3.05) is 36.6 Å². The monoisotopic (exact) mass is 350 g/mol. The molecule has 6 nitrogen and oxygen atoms in total. The van der Waals surface area contributed by atoms with E-state index in [0.717, 1.165) is 11.4 Å². The molecule has 24 heavy (non-hydrogen) atoms. The highest BCUT2D eigenvalue weighted by atomic mass is 32.3. The molecule has 0 radical (unpaired) electrons. The smallest absolute Gasteiger partial charge is 0.304 e. The van der Waals surface area contributed by atoms with Crippen molar-refractivity contribution in [3.63, 3.8) is 0 Å². The Morgan fingerprint density at radius 3 is 1.92 bits per heavy atom. The van der Waals surface area contributed by atoms with Gasteiger partial charge in [0.2, 0.25) is 0 Å². The zero-order valence-electron chi connectivity index (χ0n) is 13.5. The summed E-state index contributed by atoms with van der Waals surface area (Å²) in [5.41, 5.74) is 3.18. The summed E-state index contributed by atoms with van der Waals surface area (Å²) >= 11 is 0. The highest BCUT2D eigenvalue weighted by Crippen LogP contribution is 2.22. The number of halogens is 1. The number of benzene rings is 2. The Bertz CT molecular complexity index is 788. The van der Waals surface area contributed by atoms with Gasteiger partial charge in [-0.05, 0) is 48.5 Å². The number of nitrogens with one attached hydrogen (secondary N) is 1. The van der Waals surface area contributed by atoms with Crippen molar-refractivity contribution in [2.24, 2.45) is 10.2 Å². The SMILES string of the molecule is CN(C)c1ccc(N=Nc2ccc(NCCS(=O)(=O)F)cc2)cc1. The molecule has 8 heteroatoms. The lowest BCUT2D eigenvalue weighted by molar-refractivity contribution is 0.552. The molecule has 0 aliphatic carbocycles. The summed E-state index contributed by atoms with van der Waals surface area (Å²) in [6, 6.07) is 14.6. The van der Waals surface area contributed by atoms with Crippen LogP contribution in [-0.4, -0.2) is 34.8 Å². The third-order valence-electron chi connectivity index (χ3n) is 3.19. The van der Waals surface area contributed by atoms with Crippen LogP contribution in [0.3, 0.4) is 0 Å². The van der Waals surface area contributed by atoms with Gasteiger partial charge in [0.25, 0.3) is 0 Å². The highest BCUT2D eigenvalue weighted by molar-refractivity contribution is 7.86. The van der Waals surface area contributed by atoms with E-state index in [9.17, 15) is 12.3 Å². The largest absolute Gasteiger partial charge is 0.384 e. The van der Waals surface area contributed by atoms with Gasteiger partial charge in [0.05, 0.1) is 17.1 Å². The average Bonchev–Trinajstić information content (AvgIpc) is 2.53. The van der Waals surface area contributed by atoms with Crippen molar-refractivity contribution in [3.05, 3.63) is 48.5 Å². The molecule has 0 bridgehead atoms. The summed E-state index contributed by atoms with van der Waals surface area (Å²) in [7, 11) is -0.515. The molecule has 0 aliphatic rings. The van der Waals surface area contributed by atoms with Crippen molar-refractivity contribution in [1.29, 1.82) is 0 Å². The van der Waals surface area contributed by atoms with E-state index in [0.29, 0.717) is 11.4 Å². The Morgan fingerprint density at radius 2 is 1.46 bits per heavy atom. The van der Waals surface area contributed by atoms with E-state index in [1.54, 1.807) is 24.3 Å². The maximum absolute atomic E-state index is 12.4. The minimum atomic E-state index is -4.45. The van der Waals surface area contributed by atoms with Gasteiger partial charge in [-0.15, -0.1) is 3.89 Å². The molecule has 1 N–H and O–H groups in total. The van der Waals surface area contributed by atoms with E-state index in [1.165, 1.54) is 0 Å². The zero-order valence-corrected chi connectivity index (χ0v) is 14.3. The minimum absolute atomic E-state index is 0.0118.